The van der Waals surface area contributed by atoms with E-state index in [0.717, 1.165) is 48.3 Å². The highest BCUT2D eigenvalue weighted by molar-refractivity contribution is 5.96. The van der Waals surface area contributed by atoms with E-state index in [-0.39, 0.29) is 23.8 Å². The maximum atomic E-state index is 12.9. The fraction of sp³-hybridized carbons (Fsp3) is 0.478. The molecule has 0 aliphatic carbocycles. The number of hydrogen-bond donors (Lipinski definition) is 4. The molecule has 2 aliphatic rings. The summed E-state index contributed by atoms with van der Waals surface area (Å²) < 4.78 is 0. The van der Waals surface area contributed by atoms with Gasteiger partial charge < -0.3 is 15.5 Å². The molecule has 3 heterocycles. The molecule has 2 aromatic rings. The highest BCUT2D eigenvalue weighted by atomic mass is 16.2. The zero-order valence-corrected chi connectivity index (χ0v) is 19.1. The number of rotatable bonds is 8. The Morgan fingerprint density at radius 2 is 2.00 bits per heavy atom. The molecule has 2 aliphatic heterocycles. The highest BCUT2D eigenvalue weighted by Gasteiger charge is 2.28. The number of nitrogens with zero attached hydrogens (tertiary/aromatic N) is 3. The molecule has 10 nitrogen and oxygen atoms in total. The number of amides is 4. The van der Waals surface area contributed by atoms with Gasteiger partial charge in [0.15, 0.2) is 5.82 Å². The Hall–Kier alpha value is -3.40. The maximum Gasteiger partial charge on any atom is 0.329 e. The molecule has 0 radical (unpaired) electrons. The van der Waals surface area contributed by atoms with Crippen LogP contribution in [0.15, 0.2) is 24.3 Å². The molecule has 176 valence electrons. The lowest BCUT2D eigenvalue weighted by Crippen LogP contribution is -2.45. The molecule has 10 heteroatoms. The molecule has 1 unspecified atom stereocenters. The van der Waals surface area contributed by atoms with E-state index in [1.54, 1.807) is 9.91 Å². The van der Waals surface area contributed by atoms with Crippen LogP contribution in [0, 0.1) is 0 Å². The van der Waals surface area contributed by atoms with Crippen LogP contribution >= 0.6 is 0 Å². The Bertz CT molecular complexity index is 1020. The summed E-state index contributed by atoms with van der Waals surface area (Å²) in [6, 6.07) is 7.33. The number of fused-ring (bicyclic) bond motifs is 1. The summed E-state index contributed by atoms with van der Waals surface area (Å²) in [6.07, 6.45) is 3.42. The standard InChI is InChI=1S/C23H31N7O3/c1-3-4-11-24-23(33)28-29-13-18-19(14-29)26-27-21(18)25-22(32)15(2)16-7-9-17(10-8-16)30-12-5-6-20(30)31/h7-10,15H,3-6,11-14H2,1-2H3,(H2,24,28,33)(H2,25,26,27,32). The van der Waals surface area contributed by atoms with Crippen LogP contribution in [0.5, 0.6) is 0 Å². The Morgan fingerprint density at radius 3 is 2.70 bits per heavy atom. The van der Waals surface area contributed by atoms with Crippen molar-refractivity contribution in [3.63, 3.8) is 0 Å². The molecule has 0 saturated carbocycles. The number of urea groups is 1. The third-order valence-corrected chi connectivity index (χ3v) is 6.14. The lowest BCUT2D eigenvalue weighted by Gasteiger charge is -2.18. The number of carbonyl (C=O) groups excluding carboxylic acids is 3. The Morgan fingerprint density at radius 1 is 1.21 bits per heavy atom. The first kappa shape index (κ1) is 22.8. The number of carbonyl (C=O) groups is 3. The van der Waals surface area contributed by atoms with E-state index in [1.165, 1.54) is 0 Å². The molecule has 1 fully saturated rings. The minimum absolute atomic E-state index is 0.142. The largest absolute Gasteiger partial charge is 0.337 e. The SMILES string of the molecule is CCCCNC(=O)NN1Cc2[nH]nc(NC(=O)C(C)c3ccc(N4CCCC4=O)cc3)c2C1. The molecule has 4 rings (SSSR count). The minimum atomic E-state index is -0.388. The number of aromatic amines is 1. The molecule has 1 atom stereocenters. The van der Waals surface area contributed by atoms with Gasteiger partial charge in [-0.2, -0.15) is 5.10 Å². The number of H-pyrrole nitrogens is 1. The monoisotopic (exact) mass is 453 g/mol. The average molecular weight is 454 g/mol. The first-order valence-corrected chi connectivity index (χ1v) is 11.5. The molecule has 4 amide bonds. The van der Waals surface area contributed by atoms with Gasteiger partial charge in [0.2, 0.25) is 11.8 Å². The van der Waals surface area contributed by atoms with Crippen molar-refractivity contribution in [3.05, 3.63) is 41.1 Å². The van der Waals surface area contributed by atoms with Gasteiger partial charge in [0.1, 0.15) is 0 Å². The fourth-order valence-corrected chi connectivity index (χ4v) is 4.12. The van der Waals surface area contributed by atoms with E-state index >= 15 is 0 Å². The van der Waals surface area contributed by atoms with Crippen LogP contribution < -0.4 is 21.0 Å². The van der Waals surface area contributed by atoms with Gasteiger partial charge in [-0.3, -0.25) is 20.1 Å². The summed E-state index contributed by atoms with van der Waals surface area (Å²) in [6.45, 7) is 6.23. The van der Waals surface area contributed by atoms with E-state index in [2.05, 4.69) is 33.2 Å². The van der Waals surface area contributed by atoms with E-state index < -0.39 is 0 Å². The number of aromatic nitrogens is 2. The van der Waals surface area contributed by atoms with Gasteiger partial charge in [-0.1, -0.05) is 25.5 Å². The number of hydrogen-bond acceptors (Lipinski definition) is 5. The van der Waals surface area contributed by atoms with Gasteiger partial charge >= 0.3 is 6.03 Å². The molecule has 1 aromatic heterocycles. The van der Waals surface area contributed by atoms with Crippen LogP contribution in [-0.4, -0.2) is 46.1 Å². The third kappa shape index (κ3) is 5.16. The summed E-state index contributed by atoms with van der Waals surface area (Å²) in [5.41, 5.74) is 6.29. The van der Waals surface area contributed by atoms with Crippen LogP contribution in [-0.2, 0) is 22.7 Å². The van der Waals surface area contributed by atoms with Crippen molar-refractivity contribution in [3.8, 4) is 0 Å². The number of hydrazine groups is 1. The quantitative estimate of drug-likeness (QED) is 0.458. The van der Waals surface area contributed by atoms with Gasteiger partial charge in [0.25, 0.3) is 0 Å². The summed E-state index contributed by atoms with van der Waals surface area (Å²) in [7, 11) is 0. The van der Waals surface area contributed by atoms with E-state index in [9.17, 15) is 14.4 Å². The fourth-order valence-electron chi connectivity index (χ4n) is 4.12. The average Bonchev–Trinajstić information content (AvgIpc) is 3.50. The molecule has 4 N–H and O–H groups in total. The van der Waals surface area contributed by atoms with Crippen molar-refractivity contribution in [1.29, 1.82) is 0 Å². The molecular formula is C23H31N7O3. The highest BCUT2D eigenvalue weighted by Crippen LogP contribution is 2.28. The smallest absolute Gasteiger partial charge is 0.329 e. The molecular weight excluding hydrogens is 422 g/mol. The topological polar surface area (TPSA) is 122 Å². The summed E-state index contributed by atoms with van der Waals surface area (Å²) >= 11 is 0. The van der Waals surface area contributed by atoms with Crippen LogP contribution in [0.1, 0.15) is 62.3 Å². The molecule has 33 heavy (non-hydrogen) atoms. The Balaban J connectivity index is 1.33. The van der Waals surface area contributed by atoms with Crippen LogP contribution in [0.25, 0.3) is 0 Å². The zero-order valence-electron chi connectivity index (χ0n) is 19.1. The Labute approximate surface area is 193 Å². The van der Waals surface area contributed by atoms with Gasteiger partial charge in [-0.05, 0) is 37.5 Å². The van der Waals surface area contributed by atoms with Crippen molar-refractivity contribution in [2.75, 3.05) is 23.3 Å². The van der Waals surface area contributed by atoms with Crippen molar-refractivity contribution in [2.45, 2.75) is 58.5 Å². The number of nitrogens with one attached hydrogen (secondary N) is 4. The summed E-state index contributed by atoms with van der Waals surface area (Å²) in [5.74, 6) is 0.0680. The van der Waals surface area contributed by atoms with Gasteiger partial charge in [0, 0.05) is 37.3 Å². The predicted molar refractivity (Wildman–Crippen MR) is 124 cm³/mol. The maximum absolute atomic E-state index is 12.9. The molecule has 0 bridgehead atoms. The van der Waals surface area contributed by atoms with Gasteiger partial charge in [0.05, 0.1) is 18.2 Å². The lowest BCUT2D eigenvalue weighted by molar-refractivity contribution is -0.118. The third-order valence-electron chi connectivity index (χ3n) is 6.14. The van der Waals surface area contributed by atoms with E-state index in [4.69, 9.17) is 0 Å². The van der Waals surface area contributed by atoms with Crippen molar-refractivity contribution in [1.82, 2.24) is 25.9 Å². The number of unbranched alkanes of at least 4 members (excludes halogenated alkanes) is 1. The lowest BCUT2D eigenvalue weighted by atomic mass is 10.00. The van der Waals surface area contributed by atoms with Crippen LogP contribution in [0.4, 0.5) is 16.3 Å². The molecule has 0 spiro atoms. The predicted octanol–water partition coefficient (Wildman–Crippen LogP) is 2.61. The van der Waals surface area contributed by atoms with Crippen LogP contribution in [0.2, 0.25) is 0 Å². The minimum Gasteiger partial charge on any atom is -0.337 e. The second-order valence-corrected chi connectivity index (χ2v) is 8.56. The second-order valence-electron chi connectivity index (χ2n) is 8.56. The molecule has 1 aromatic carbocycles. The first-order chi connectivity index (χ1) is 16.0. The second kappa shape index (κ2) is 10.0. The van der Waals surface area contributed by atoms with Crippen molar-refractivity contribution >= 4 is 29.4 Å². The van der Waals surface area contributed by atoms with Gasteiger partial charge in [-0.25, -0.2) is 9.80 Å². The number of benzene rings is 1. The summed E-state index contributed by atoms with van der Waals surface area (Å²) in [5, 5.41) is 14.7. The number of anilines is 2. The normalized spacial score (nSPS) is 16.5. The first-order valence-electron chi connectivity index (χ1n) is 11.5. The van der Waals surface area contributed by atoms with Crippen LogP contribution in [0.3, 0.4) is 0 Å². The van der Waals surface area contributed by atoms with Crippen molar-refractivity contribution in [2.24, 2.45) is 0 Å². The van der Waals surface area contributed by atoms with E-state index in [0.29, 0.717) is 31.9 Å². The van der Waals surface area contributed by atoms with Gasteiger partial charge in [-0.15, -0.1) is 0 Å². The molecule has 1 saturated heterocycles. The van der Waals surface area contributed by atoms with Crippen molar-refractivity contribution < 1.29 is 14.4 Å². The zero-order chi connectivity index (χ0) is 23.4. The summed E-state index contributed by atoms with van der Waals surface area (Å²) in [4.78, 5) is 38.6. The Kier molecular flexibility index (Phi) is 6.93. The van der Waals surface area contributed by atoms with E-state index in [1.807, 2.05) is 31.2 Å².